The Morgan fingerprint density at radius 1 is 1.43 bits per heavy atom. The lowest BCUT2D eigenvalue weighted by Gasteiger charge is -2.37. The average molecular weight is 287 g/mol. The number of allylic oxidation sites excluding steroid dienone is 6. The van der Waals surface area contributed by atoms with Crippen LogP contribution in [0.2, 0.25) is 0 Å². The third kappa shape index (κ3) is 5.04. The second-order valence-corrected chi connectivity index (χ2v) is 6.86. The van der Waals surface area contributed by atoms with Crippen molar-refractivity contribution in [3.63, 3.8) is 0 Å². The van der Waals surface area contributed by atoms with Crippen LogP contribution in [0.25, 0.3) is 0 Å². The highest BCUT2D eigenvalue weighted by Crippen LogP contribution is 2.36. The van der Waals surface area contributed by atoms with Gasteiger partial charge in [0.1, 0.15) is 0 Å². The third-order valence-corrected chi connectivity index (χ3v) is 3.86. The van der Waals surface area contributed by atoms with E-state index in [1.807, 2.05) is 25.2 Å². The molecule has 1 aliphatic heterocycles. The van der Waals surface area contributed by atoms with Crippen LogP contribution in [0.5, 0.6) is 0 Å². The van der Waals surface area contributed by atoms with Gasteiger partial charge in [-0.25, -0.2) is 0 Å². The van der Waals surface area contributed by atoms with Crippen molar-refractivity contribution in [3.05, 3.63) is 48.2 Å². The van der Waals surface area contributed by atoms with Gasteiger partial charge in [0.05, 0.1) is 0 Å². The third-order valence-electron chi connectivity index (χ3n) is 3.86. The lowest BCUT2D eigenvalue weighted by molar-refractivity contribution is -0.113. The first-order chi connectivity index (χ1) is 9.77. The SMILES string of the molecule is C=C/C=C\C=C(/C)C(=O)C1=CN(CC(C)C)CCC1(C)C. The Morgan fingerprint density at radius 2 is 2.10 bits per heavy atom. The Morgan fingerprint density at radius 3 is 2.67 bits per heavy atom. The molecule has 0 amide bonds. The first-order valence-corrected chi connectivity index (χ1v) is 7.75. The van der Waals surface area contributed by atoms with E-state index in [-0.39, 0.29) is 11.2 Å². The summed E-state index contributed by atoms with van der Waals surface area (Å²) in [6.07, 6.45) is 10.4. The fourth-order valence-corrected chi connectivity index (χ4v) is 2.53. The van der Waals surface area contributed by atoms with Crippen molar-refractivity contribution in [1.82, 2.24) is 4.90 Å². The molecule has 0 saturated carbocycles. The zero-order valence-corrected chi connectivity index (χ0v) is 14.1. The summed E-state index contributed by atoms with van der Waals surface area (Å²) in [5.74, 6) is 0.758. The minimum atomic E-state index is -0.0538. The van der Waals surface area contributed by atoms with Gasteiger partial charge in [-0.15, -0.1) is 0 Å². The topological polar surface area (TPSA) is 20.3 Å². The van der Waals surface area contributed by atoms with Gasteiger partial charge in [-0.05, 0) is 30.3 Å². The van der Waals surface area contributed by atoms with Gasteiger partial charge in [0.15, 0.2) is 5.78 Å². The minimum Gasteiger partial charge on any atom is -0.377 e. The first-order valence-electron chi connectivity index (χ1n) is 7.75. The molecule has 0 unspecified atom stereocenters. The maximum Gasteiger partial charge on any atom is 0.186 e. The van der Waals surface area contributed by atoms with Crippen molar-refractivity contribution in [2.75, 3.05) is 13.1 Å². The highest BCUT2D eigenvalue weighted by molar-refractivity contribution is 6.08. The number of hydrogen-bond donors (Lipinski definition) is 0. The zero-order valence-electron chi connectivity index (χ0n) is 14.1. The Kier molecular flexibility index (Phi) is 6.19. The van der Waals surface area contributed by atoms with E-state index < -0.39 is 0 Å². The smallest absolute Gasteiger partial charge is 0.186 e. The highest BCUT2D eigenvalue weighted by Gasteiger charge is 2.33. The van der Waals surface area contributed by atoms with Gasteiger partial charge in [0.2, 0.25) is 0 Å². The molecule has 0 atom stereocenters. The molecule has 1 aliphatic rings. The maximum absolute atomic E-state index is 12.7. The molecule has 0 radical (unpaired) electrons. The Hall–Kier alpha value is -1.57. The average Bonchev–Trinajstić information content (AvgIpc) is 2.39. The fourth-order valence-electron chi connectivity index (χ4n) is 2.53. The van der Waals surface area contributed by atoms with Crippen LogP contribution in [-0.4, -0.2) is 23.8 Å². The molecular weight excluding hydrogens is 258 g/mol. The minimum absolute atomic E-state index is 0.0538. The van der Waals surface area contributed by atoms with Crippen LogP contribution >= 0.6 is 0 Å². The van der Waals surface area contributed by atoms with Gasteiger partial charge in [0.25, 0.3) is 0 Å². The summed E-state index contributed by atoms with van der Waals surface area (Å²) < 4.78 is 0. The molecule has 0 spiro atoms. The largest absolute Gasteiger partial charge is 0.377 e. The molecule has 0 fully saturated rings. The highest BCUT2D eigenvalue weighted by atomic mass is 16.1. The van der Waals surface area contributed by atoms with E-state index in [1.54, 1.807) is 6.08 Å². The number of carbonyl (C=O) groups is 1. The maximum atomic E-state index is 12.7. The Labute approximate surface area is 129 Å². The number of carbonyl (C=O) groups excluding carboxylic acids is 1. The van der Waals surface area contributed by atoms with E-state index in [1.165, 1.54) is 0 Å². The van der Waals surface area contributed by atoms with Crippen molar-refractivity contribution in [2.24, 2.45) is 11.3 Å². The second kappa shape index (κ2) is 7.44. The Balaban J connectivity index is 3.01. The fraction of sp³-hybridized carbons (Fsp3) is 0.526. The lowest BCUT2D eigenvalue weighted by Crippen LogP contribution is -2.36. The summed E-state index contributed by atoms with van der Waals surface area (Å²) >= 11 is 0. The van der Waals surface area contributed by atoms with Crippen LogP contribution in [0.3, 0.4) is 0 Å². The molecule has 0 saturated heterocycles. The summed E-state index contributed by atoms with van der Waals surface area (Å²) in [6, 6.07) is 0. The number of ketones is 1. The molecule has 21 heavy (non-hydrogen) atoms. The molecule has 116 valence electrons. The predicted octanol–water partition coefficient (Wildman–Crippen LogP) is 4.52. The molecule has 0 N–H and O–H groups in total. The van der Waals surface area contributed by atoms with Crippen molar-refractivity contribution >= 4 is 5.78 Å². The normalized spacial score (nSPS) is 19.0. The van der Waals surface area contributed by atoms with E-state index in [4.69, 9.17) is 0 Å². The molecule has 0 aromatic heterocycles. The van der Waals surface area contributed by atoms with Crippen molar-refractivity contribution in [3.8, 4) is 0 Å². The van der Waals surface area contributed by atoms with E-state index in [9.17, 15) is 4.79 Å². The monoisotopic (exact) mass is 287 g/mol. The summed E-state index contributed by atoms with van der Waals surface area (Å²) in [5.41, 5.74) is 1.65. The van der Waals surface area contributed by atoms with Crippen LogP contribution in [0, 0.1) is 11.3 Å². The van der Waals surface area contributed by atoms with Crippen LogP contribution < -0.4 is 0 Å². The molecule has 0 aromatic carbocycles. The molecule has 1 rings (SSSR count). The quantitative estimate of drug-likeness (QED) is 0.529. The number of hydrogen-bond acceptors (Lipinski definition) is 2. The second-order valence-electron chi connectivity index (χ2n) is 6.86. The number of nitrogens with zero attached hydrogens (tertiary/aromatic N) is 1. The van der Waals surface area contributed by atoms with Crippen LogP contribution in [-0.2, 0) is 4.79 Å². The van der Waals surface area contributed by atoms with E-state index in [2.05, 4.69) is 45.4 Å². The standard InChI is InChI=1S/C19H29NO/c1-7-8-9-10-16(4)18(21)17-14-20(13-15(2)3)12-11-19(17,5)6/h7-10,14-15H,1,11-13H2,2-6H3/b9-8-,16-10+. The van der Waals surface area contributed by atoms with Gasteiger partial charge < -0.3 is 4.90 Å². The lowest BCUT2D eigenvalue weighted by atomic mass is 9.76. The number of Topliss-reactive ketones (excluding diaryl/α,β-unsaturated/α-hetero) is 1. The molecule has 2 heteroatoms. The zero-order chi connectivity index (χ0) is 16.0. The summed E-state index contributed by atoms with van der Waals surface area (Å²) in [5, 5.41) is 0. The van der Waals surface area contributed by atoms with Crippen LogP contribution in [0.4, 0.5) is 0 Å². The summed E-state index contributed by atoms with van der Waals surface area (Å²) in [7, 11) is 0. The van der Waals surface area contributed by atoms with Crippen molar-refractivity contribution < 1.29 is 4.79 Å². The Bertz CT molecular complexity index is 478. The van der Waals surface area contributed by atoms with E-state index in [0.717, 1.165) is 30.7 Å². The first kappa shape index (κ1) is 17.5. The molecule has 0 aliphatic carbocycles. The van der Waals surface area contributed by atoms with E-state index in [0.29, 0.717) is 5.92 Å². The van der Waals surface area contributed by atoms with Gasteiger partial charge in [-0.3, -0.25) is 4.79 Å². The molecule has 0 aromatic rings. The van der Waals surface area contributed by atoms with Gasteiger partial charge in [-0.2, -0.15) is 0 Å². The predicted molar refractivity (Wildman–Crippen MR) is 91.0 cm³/mol. The van der Waals surface area contributed by atoms with Crippen molar-refractivity contribution in [1.29, 1.82) is 0 Å². The van der Waals surface area contributed by atoms with Crippen LogP contribution in [0.15, 0.2) is 48.2 Å². The van der Waals surface area contributed by atoms with Gasteiger partial charge >= 0.3 is 0 Å². The summed E-state index contributed by atoms with van der Waals surface area (Å²) in [4.78, 5) is 15.0. The van der Waals surface area contributed by atoms with E-state index >= 15 is 0 Å². The molecule has 0 bridgehead atoms. The number of rotatable bonds is 6. The van der Waals surface area contributed by atoms with Gasteiger partial charge in [0, 0.05) is 24.9 Å². The van der Waals surface area contributed by atoms with Crippen molar-refractivity contribution in [2.45, 2.75) is 41.0 Å². The van der Waals surface area contributed by atoms with Gasteiger partial charge in [-0.1, -0.05) is 58.6 Å². The molecular formula is C19H29NO. The van der Waals surface area contributed by atoms with Crippen LogP contribution in [0.1, 0.15) is 41.0 Å². The molecule has 2 nitrogen and oxygen atoms in total. The summed E-state index contributed by atoms with van der Waals surface area (Å²) in [6.45, 7) is 16.3. The molecule has 1 heterocycles.